The van der Waals surface area contributed by atoms with E-state index in [9.17, 15) is 4.79 Å². The highest BCUT2D eigenvalue weighted by atomic mass is 28.4. The Labute approximate surface area is 62.7 Å². The summed E-state index contributed by atoms with van der Waals surface area (Å²) >= 11 is 0. The summed E-state index contributed by atoms with van der Waals surface area (Å²) in [4.78, 5) is 10.1. The molecule has 58 valence electrons. The van der Waals surface area contributed by atoms with Gasteiger partial charge in [0.05, 0.1) is 0 Å². The van der Waals surface area contributed by atoms with Crippen LogP contribution >= 0.6 is 0 Å². The SMILES string of the molecule is C[Si]1(OC=O)CCCCC1. The molecule has 0 radical (unpaired) electrons. The lowest BCUT2D eigenvalue weighted by Gasteiger charge is -2.28. The Morgan fingerprint density at radius 3 is 2.40 bits per heavy atom. The minimum absolute atomic E-state index is 0.636. The Morgan fingerprint density at radius 2 is 1.90 bits per heavy atom. The van der Waals surface area contributed by atoms with Crippen LogP contribution in [0.2, 0.25) is 18.6 Å². The van der Waals surface area contributed by atoms with E-state index in [4.69, 9.17) is 4.43 Å². The highest BCUT2D eigenvalue weighted by molar-refractivity contribution is 6.73. The van der Waals surface area contributed by atoms with Gasteiger partial charge in [0.25, 0.3) is 14.8 Å². The molecule has 1 saturated heterocycles. The second-order valence-electron chi connectivity index (χ2n) is 3.22. The van der Waals surface area contributed by atoms with Crippen molar-refractivity contribution in [3.8, 4) is 0 Å². The summed E-state index contributed by atoms with van der Waals surface area (Å²) in [6.45, 7) is 2.79. The van der Waals surface area contributed by atoms with Crippen molar-refractivity contribution >= 4 is 14.8 Å². The summed E-state index contributed by atoms with van der Waals surface area (Å²) < 4.78 is 5.13. The fraction of sp³-hybridized carbons (Fsp3) is 0.857. The first-order chi connectivity index (χ1) is 4.77. The molecule has 0 unspecified atom stereocenters. The van der Waals surface area contributed by atoms with Crippen LogP contribution in [0.4, 0.5) is 0 Å². The standard InChI is InChI=1S/C7H14O2Si/c1-10(9-7-8)5-3-2-4-6-10/h7H,2-6H2,1H3. The number of rotatable bonds is 2. The maximum Gasteiger partial charge on any atom is 0.279 e. The monoisotopic (exact) mass is 158 g/mol. The topological polar surface area (TPSA) is 26.3 Å². The van der Waals surface area contributed by atoms with Gasteiger partial charge in [0.2, 0.25) is 0 Å². The maximum absolute atomic E-state index is 10.1. The smallest absolute Gasteiger partial charge is 0.279 e. The van der Waals surface area contributed by atoms with Gasteiger partial charge >= 0.3 is 0 Å². The molecule has 1 heterocycles. The molecule has 1 aliphatic rings. The molecule has 0 spiro atoms. The van der Waals surface area contributed by atoms with Crippen molar-refractivity contribution in [3.63, 3.8) is 0 Å². The van der Waals surface area contributed by atoms with Gasteiger partial charge < -0.3 is 4.43 Å². The molecule has 0 atom stereocenters. The fourth-order valence-corrected chi connectivity index (χ4v) is 4.25. The Kier molecular flexibility index (Phi) is 2.48. The normalized spacial score (nSPS) is 23.7. The molecule has 0 aromatic rings. The van der Waals surface area contributed by atoms with Crippen molar-refractivity contribution in [2.45, 2.75) is 37.9 Å². The first kappa shape index (κ1) is 7.79. The average molecular weight is 158 g/mol. The van der Waals surface area contributed by atoms with Crippen molar-refractivity contribution in [1.29, 1.82) is 0 Å². The lowest BCUT2D eigenvalue weighted by molar-refractivity contribution is -0.121. The molecule has 0 saturated carbocycles. The van der Waals surface area contributed by atoms with Crippen molar-refractivity contribution in [3.05, 3.63) is 0 Å². The number of carbonyl (C=O) groups is 1. The third-order valence-corrected chi connectivity index (χ3v) is 5.73. The largest absolute Gasteiger partial charge is 0.521 e. The predicted molar refractivity (Wildman–Crippen MR) is 42.2 cm³/mol. The van der Waals surface area contributed by atoms with Crippen LogP contribution in [-0.4, -0.2) is 14.8 Å². The molecule has 0 aromatic heterocycles. The highest BCUT2D eigenvalue weighted by Gasteiger charge is 2.31. The molecule has 10 heavy (non-hydrogen) atoms. The van der Waals surface area contributed by atoms with Gasteiger partial charge in [0, 0.05) is 0 Å². The van der Waals surface area contributed by atoms with E-state index in [1.807, 2.05) is 0 Å². The van der Waals surface area contributed by atoms with Gasteiger partial charge in [-0.2, -0.15) is 0 Å². The number of hydrogen-bond acceptors (Lipinski definition) is 2. The molecule has 1 fully saturated rings. The van der Waals surface area contributed by atoms with E-state index >= 15 is 0 Å². The maximum atomic E-state index is 10.1. The second-order valence-corrected chi connectivity index (χ2v) is 7.36. The molecule has 0 aromatic carbocycles. The summed E-state index contributed by atoms with van der Waals surface area (Å²) in [5.41, 5.74) is 0. The van der Waals surface area contributed by atoms with E-state index in [2.05, 4.69) is 6.55 Å². The van der Waals surface area contributed by atoms with E-state index in [-0.39, 0.29) is 0 Å². The van der Waals surface area contributed by atoms with Crippen molar-refractivity contribution in [2.75, 3.05) is 0 Å². The van der Waals surface area contributed by atoms with E-state index in [1.54, 1.807) is 0 Å². The van der Waals surface area contributed by atoms with Gasteiger partial charge in [0.1, 0.15) is 0 Å². The van der Waals surface area contributed by atoms with E-state index in [0.29, 0.717) is 6.47 Å². The van der Waals surface area contributed by atoms with Crippen LogP contribution in [0.25, 0.3) is 0 Å². The van der Waals surface area contributed by atoms with Crippen LogP contribution in [0.1, 0.15) is 19.3 Å². The zero-order valence-corrected chi connectivity index (χ0v) is 7.43. The lowest BCUT2D eigenvalue weighted by atomic mass is 10.3. The quantitative estimate of drug-likeness (QED) is 0.453. The van der Waals surface area contributed by atoms with Crippen LogP contribution in [0.15, 0.2) is 0 Å². The summed E-state index contributed by atoms with van der Waals surface area (Å²) in [6, 6.07) is 2.34. The molecule has 3 heteroatoms. The number of carbonyl (C=O) groups excluding carboxylic acids is 1. The Balaban J connectivity index is 2.39. The lowest BCUT2D eigenvalue weighted by Crippen LogP contribution is -2.35. The summed E-state index contributed by atoms with van der Waals surface area (Å²) in [5, 5.41) is 0. The number of hydrogen-bond donors (Lipinski definition) is 0. The molecule has 1 aliphatic heterocycles. The van der Waals surface area contributed by atoms with Gasteiger partial charge in [-0.3, -0.25) is 4.79 Å². The summed E-state index contributed by atoms with van der Waals surface area (Å²) in [6.07, 6.45) is 3.85. The summed E-state index contributed by atoms with van der Waals surface area (Å²) in [7, 11) is -1.50. The first-order valence-electron chi connectivity index (χ1n) is 3.88. The van der Waals surface area contributed by atoms with E-state index in [1.165, 1.54) is 31.4 Å². The van der Waals surface area contributed by atoms with Crippen LogP contribution in [0.5, 0.6) is 0 Å². The van der Waals surface area contributed by atoms with Crippen molar-refractivity contribution < 1.29 is 9.22 Å². The van der Waals surface area contributed by atoms with Crippen molar-refractivity contribution in [2.24, 2.45) is 0 Å². The van der Waals surface area contributed by atoms with Crippen LogP contribution < -0.4 is 0 Å². The Morgan fingerprint density at radius 1 is 1.30 bits per heavy atom. The zero-order valence-electron chi connectivity index (χ0n) is 6.43. The Bertz CT molecular complexity index is 119. The van der Waals surface area contributed by atoms with Gasteiger partial charge in [-0.05, 0) is 18.6 Å². The minimum atomic E-state index is -1.50. The minimum Gasteiger partial charge on any atom is -0.521 e. The molecule has 0 bridgehead atoms. The zero-order chi connectivity index (χ0) is 7.45. The van der Waals surface area contributed by atoms with Gasteiger partial charge in [0.15, 0.2) is 0 Å². The summed E-state index contributed by atoms with van der Waals surface area (Å²) in [5.74, 6) is 0. The van der Waals surface area contributed by atoms with Gasteiger partial charge in [-0.25, -0.2) is 0 Å². The van der Waals surface area contributed by atoms with E-state index in [0.717, 1.165) is 0 Å². The molecular formula is C7H14O2Si. The van der Waals surface area contributed by atoms with E-state index < -0.39 is 8.32 Å². The van der Waals surface area contributed by atoms with Crippen molar-refractivity contribution in [1.82, 2.24) is 0 Å². The molecular weight excluding hydrogens is 144 g/mol. The van der Waals surface area contributed by atoms with Gasteiger partial charge in [-0.1, -0.05) is 19.3 Å². The second kappa shape index (κ2) is 3.19. The average Bonchev–Trinajstić information content (AvgIpc) is 1.89. The molecule has 0 amide bonds. The first-order valence-corrected chi connectivity index (χ1v) is 6.71. The fourth-order valence-electron chi connectivity index (χ4n) is 1.53. The Hall–Kier alpha value is -0.313. The van der Waals surface area contributed by atoms with Crippen LogP contribution in [-0.2, 0) is 9.22 Å². The molecule has 1 rings (SSSR count). The van der Waals surface area contributed by atoms with Gasteiger partial charge in [-0.15, -0.1) is 0 Å². The third kappa shape index (κ3) is 1.83. The third-order valence-electron chi connectivity index (χ3n) is 2.24. The molecule has 2 nitrogen and oxygen atoms in total. The molecule has 0 N–H and O–H groups in total. The van der Waals surface area contributed by atoms with Crippen LogP contribution in [0, 0.1) is 0 Å². The predicted octanol–water partition coefficient (Wildman–Crippen LogP) is 1.92. The highest BCUT2D eigenvalue weighted by Crippen LogP contribution is 2.28. The molecule has 0 aliphatic carbocycles. The van der Waals surface area contributed by atoms with Crippen LogP contribution in [0.3, 0.4) is 0 Å².